The molecular formula is C22H23N3O5S. The molecule has 2 N–H and O–H groups in total. The molecule has 0 saturated heterocycles. The summed E-state index contributed by atoms with van der Waals surface area (Å²) in [4.78, 5) is 24.8. The van der Waals surface area contributed by atoms with Crippen LogP contribution < -0.4 is 10.6 Å². The normalized spacial score (nSPS) is 11.3. The van der Waals surface area contributed by atoms with E-state index < -0.39 is 10.0 Å². The predicted octanol–water partition coefficient (Wildman–Crippen LogP) is 2.39. The number of rotatable bonds is 8. The van der Waals surface area contributed by atoms with Crippen LogP contribution in [0.4, 0.5) is 0 Å². The Balaban J connectivity index is 1.59. The average Bonchev–Trinajstić information content (AvgIpc) is 3.29. The Morgan fingerprint density at radius 3 is 2.19 bits per heavy atom. The number of nitrogens with zero attached hydrogens (tertiary/aromatic N) is 1. The van der Waals surface area contributed by atoms with Crippen LogP contribution in [0.25, 0.3) is 0 Å². The second-order valence-electron chi connectivity index (χ2n) is 6.96. The zero-order valence-electron chi connectivity index (χ0n) is 17.2. The zero-order valence-corrected chi connectivity index (χ0v) is 18.0. The first-order chi connectivity index (χ1) is 14.8. The van der Waals surface area contributed by atoms with Gasteiger partial charge in [-0.25, -0.2) is 12.7 Å². The predicted molar refractivity (Wildman–Crippen MR) is 115 cm³/mol. The van der Waals surface area contributed by atoms with Crippen LogP contribution in [0.2, 0.25) is 0 Å². The summed E-state index contributed by atoms with van der Waals surface area (Å²) in [7, 11) is -0.657. The Kier molecular flexibility index (Phi) is 6.88. The molecule has 0 aliphatic carbocycles. The van der Waals surface area contributed by atoms with Crippen molar-refractivity contribution in [3.63, 3.8) is 0 Å². The molecule has 0 spiro atoms. The Morgan fingerprint density at radius 1 is 0.871 bits per heavy atom. The van der Waals surface area contributed by atoms with E-state index in [0.717, 1.165) is 9.87 Å². The Morgan fingerprint density at radius 2 is 1.55 bits per heavy atom. The molecule has 2 amide bonds. The van der Waals surface area contributed by atoms with Gasteiger partial charge in [-0.15, -0.1) is 0 Å². The highest BCUT2D eigenvalue weighted by Crippen LogP contribution is 2.14. The number of furan rings is 1. The van der Waals surface area contributed by atoms with Crippen molar-refractivity contribution in [1.82, 2.24) is 14.9 Å². The highest BCUT2D eigenvalue weighted by Gasteiger charge is 2.17. The van der Waals surface area contributed by atoms with Crippen LogP contribution in [0.5, 0.6) is 0 Å². The summed E-state index contributed by atoms with van der Waals surface area (Å²) < 4.78 is 30.5. The molecule has 8 nitrogen and oxygen atoms in total. The maximum atomic E-state index is 12.4. The number of carbonyl (C=O) groups excluding carboxylic acids is 2. The van der Waals surface area contributed by atoms with Crippen molar-refractivity contribution >= 4 is 21.8 Å². The van der Waals surface area contributed by atoms with E-state index >= 15 is 0 Å². The van der Waals surface area contributed by atoms with Crippen molar-refractivity contribution in [2.75, 3.05) is 14.1 Å². The van der Waals surface area contributed by atoms with Crippen LogP contribution in [-0.4, -0.2) is 38.6 Å². The average molecular weight is 442 g/mol. The summed E-state index contributed by atoms with van der Waals surface area (Å²) in [6.45, 7) is 0.502. The Hall–Kier alpha value is -3.43. The number of carbonyl (C=O) groups is 2. The van der Waals surface area contributed by atoms with Gasteiger partial charge >= 0.3 is 0 Å². The minimum absolute atomic E-state index is 0.113. The molecule has 3 aromatic rings. The van der Waals surface area contributed by atoms with Gasteiger partial charge < -0.3 is 15.1 Å². The van der Waals surface area contributed by atoms with E-state index in [1.54, 1.807) is 42.7 Å². The van der Waals surface area contributed by atoms with Gasteiger partial charge in [0.25, 0.3) is 11.8 Å². The molecule has 0 bridgehead atoms. The van der Waals surface area contributed by atoms with Gasteiger partial charge in [-0.3, -0.25) is 9.59 Å². The first-order valence-corrected chi connectivity index (χ1v) is 10.9. The molecule has 2 aromatic carbocycles. The fourth-order valence-corrected chi connectivity index (χ4v) is 3.68. The SMILES string of the molecule is CN(C)S(=O)(=O)c1ccc(C(=O)NCc2cccc(C(=O)NCc3ccco3)c2)cc1. The molecule has 0 saturated carbocycles. The van der Waals surface area contributed by atoms with Crippen LogP contribution in [-0.2, 0) is 23.1 Å². The quantitative estimate of drug-likeness (QED) is 0.558. The van der Waals surface area contributed by atoms with Gasteiger partial charge in [-0.1, -0.05) is 12.1 Å². The lowest BCUT2D eigenvalue weighted by atomic mass is 10.1. The lowest BCUT2D eigenvalue weighted by Gasteiger charge is -2.12. The second kappa shape index (κ2) is 9.59. The Labute approximate surface area is 180 Å². The monoisotopic (exact) mass is 441 g/mol. The fourth-order valence-electron chi connectivity index (χ4n) is 2.78. The Bertz CT molecular complexity index is 1150. The molecule has 0 aliphatic heterocycles. The first-order valence-electron chi connectivity index (χ1n) is 9.47. The molecule has 0 atom stereocenters. The van der Waals surface area contributed by atoms with Gasteiger partial charge in [0.15, 0.2) is 0 Å². The molecule has 0 aliphatic rings. The van der Waals surface area contributed by atoms with E-state index in [4.69, 9.17) is 4.42 Å². The summed E-state index contributed by atoms with van der Waals surface area (Å²) in [6, 6.07) is 16.2. The number of sulfonamides is 1. The topological polar surface area (TPSA) is 109 Å². The number of hydrogen-bond acceptors (Lipinski definition) is 5. The summed E-state index contributed by atoms with van der Waals surface area (Å²) in [5, 5.41) is 5.54. The van der Waals surface area contributed by atoms with E-state index in [1.807, 2.05) is 0 Å². The molecule has 9 heteroatoms. The van der Waals surface area contributed by atoms with Gasteiger partial charge in [0.05, 0.1) is 17.7 Å². The molecule has 31 heavy (non-hydrogen) atoms. The van der Waals surface area contributed by atoms with Crippen molar-refractivity contribution in [3.05, 3.63) is 89.4 Å². The maximum absolute atomic E-state index is 12.4. The third kappa shape index (κ3) is 5.59. The minimum atomic E-state index is -3.55. The lowest BCUT2D eigenvalue weighted by Crippen LogP contribution is -2.25. The van der Waals surface area contributed by atoms with E-state index in [1.165, 1.54) is 38.4 Å². The number of nitrogens with one attached hydrogen (secondary N) is 2. The molecule has 3 rings (SSSR count). The van der Waals surface area contributed by atoms with E-state index in [9.17, 15) is 18.0 Å². The molecule has 0 unspecified atom stereocenters. The van der Waals surface area contributed by atoms with Crippen LogP contribution in [0, 0.1) is 0 Å². The van der Waals surface area contributed by atoms with Crippen LogP contribution in [0.15, 0.2) is 76.2 Å². The summed E-state index contributed by atoms with van der Waals surface area (Å²) in [6.07, 6.45) is 1.54. The minimum Gasteiger partial charge on any atom is -0.467 e. The molecule has 162 valence electrons. The van der Waals surface area contributed by atoms with Gasteiger partial charge in [0.2, 0.25) is 10.0 Å². The zero-order chi connectivity index (χ0) is 22.4. The van der Waals surface area contributed by atoms with E-state index in [2.05, 4.69) is 10.6 Å². The van der Waals surface area contributed by atoms with Crippen molar-refractivity contribution < 1.29 is 22.4 Å². The lowest BCUT2D eigenvalue weighted by molar-refractivity contribution is 0.0943. The largest absolute Gasteiger partial charge is 0.467 e. The van der Waals surface area contributed by atoms with Crippen molar-refractivity contribution in [1.29, 1.82) is 0 Å². The fraction of sp³-hybridized carbons (Fsp3) is 0.182. The van der Waals surface area contributed by atoms with Crippen LogP contribution >= 0.6 is 0 Å². The number of amides is 2. The van der Waals surface area contributed by atoms with Crippen molar-refractivity contribution in [2.24, 2.45) is 0 Å². The molecule has 0 fully saturated rings. The highest BCUT2D eigenvalue weighted by molar-refractivity contribution is 7.89. The third-order valence-corrected chi connectivity index (χ3v) is 6.37. The van der Waals surface area contributed by atoms with Gasteiger partial charge in [-0.2, -0.15) is 0 Å². The second-order valence-corrected chi connectivity index (χ2v) is 9.11. The first kappa shape index (κ1) is 22.3. The van der Waals surface area contributed by atoms with Crippen LogP contribution in [0.3, 0.4) is 0 Å². The van der Waals surface area contributed by atoms with E-state index in [-0.39, 0.29) is 29.8 Å². The van der Waals surface area contributed by atoms with E-state index in [0.29, 0.717) is 16.9 Å². The highest BCUT2D eigenvalue weighted by atomic mass is 32.2. The molecule has 0 radical (unpaired) electrons. The van der Waals surface area contributed by atoms with Gasteiger partial charge in [0, 0.05) is 31.8 Å². The summed E-state index contributed by atoms with van der Waals surface area (Å²) in [5.41, 5.74) is 1.56. The molecule has 1 heterocycles. The smallest absolute Gasteiger partial charge is 0.251 e. The van der Waals surface area contributed by atoms with Crippen molar-refractivity contribution in [2.45, 2.75) is 18.0 Å². The summed E-state index contributed by atoms with van der Waals surface area (Å²) in [5.74, 6) is 0.0601. The van der Waals surface area contributed by atoms with Gasteiger partial charge in [-0.05, 0) is 54.1 Å². The third-order valence-electron chi connectivity index (χ3n) is 4.54. The summed E-state index contributed by atoms with van der Waals surface area (Å²) >= 11 is 0. The molecular weight excluding hydrogens is 418 g/mol. The van der Waals surface area contributed by atoms with Crippen molar-refractivity contribution in [3.8, 4) is 0 Å². The number of hydrogen-bond donors (Lipinski definition) is 2. The maximum Gasteiger partial charge on any atom is 0.251 e. The number of benzene rings is 2. The standard InChI is InChI=1S/C22H23N3O5S/c1-25(2)31(28,29)20-10-8-17(9-11-20)21(26)23-14-16-5-3-6-18(13-16)22(27)24-15-19-7-4-12-30-19/h3-13H,14-15H2,1-2H3,(H,23,26)(H,24,27). The molecule has 1 aromatic heterocycles. The van der Waals surface area contributed by atoms with Crippen LogP contribution in [0.1, 0.15) is 32.0 Å². The van der Waals surface area contributed by atoms with Gasteiger partial charge in [0.1, 0.15) is 5.76 Å².